The zero-order valence-corrected chi connectivity index (χ0v) is 14.5. The van der Waals surface area contributed by atoms with Crippen molar-refractivity contribution in [1.29, 1.82) is 0 Å². The van der Waals surface area contributed by atoms with Gasteiger partial charge in [-0.15, -0.1) is 5.10 Å². The number of nitrogens with two attached hydrogens (primary N) is 1. The molecule has 1 aromatic rings. The van der Waals surface area contributed by atoms with Crippen LogP contribution in [0.4, 0.5) is 0 Å². The predicted octanol–water partition coefficient (Wildman–Crippen LogP) is 1.53. The maximum atomic E-state index is 13.0. The Bertz CT molecular complexity index is 601. The Morgan fingerprint density at radius 2 is 1.96 bits per heavy atom. The number of Topliss-reactive ketones (excluding diaryl/α,β-unsaturated/α-hetero) is 1. The van der Waals surface area contributed by atoms with Gasteiger partial charge < -0.3 is 10.3 Å². The molecule has 23 heavy (non-hydrogen) atoms. The largest absolute Gasteiger partial charge is 0.368 e. The Labute approximate surface area is 136 Å². The van der Waals surface area contributed by atoms with E-state index in [9.17, 15) is 9.59 Å². The van der Waals surface area contributed by atoms with Gasteiger partial charge in [-0.05, 0) is 19.4 Å². The first-order valence-corrected chi connectivity index (χ1v) is 7.95. The molecule has 0 unspecified atom stereocenters. The number of aromatic nitrogens is 2. The fourth-order valence-corrected chi connectivity index (χ4v) is 3.07. The third-order valence-corrected chi connectivity index (χ3v) is 4.29. The number of rotatable bonds is 5. The molecule has 0 radical (unpaired) electrons. The molecule has 1 aromatic heterocycles. The van der Waals surface area contributed by atoms with Crippen molar-refractivity contribution in [2.75, 3.05) is 13.1 Å². The first-order chi connectivity index (χ1) is 10.5. The van der Waals surface area contributed by atoms with Crippen molar-refractivity contribution in [2.45, 2.75) is 58.9 Å². The lowest BCUT2D eigenvalue weighted by Gasteiger charge is -2.31. The number of hydrogen-bond donors (Lipinski definition) is 1. The normalized spacial score (nSPS) is 20.0. The van der Waals surface area contributed by atoms with Gasteiger partial charge in [0.25, 0.3) is 0 Å². The van der Waals surface area contributed by atoms with Gasteiger partial charge >= 0.3 is 0 Å². The van der Waals surface area contributed by atoms with E-state index in [4.69, 9.17) is 10.3 Å². The zero-order chi connectivity index (χ0) is 17.4. The first-order valence-electron chi connectivity index (χ1n) is 7.95. The van der Waals surface area contributed by atoms with Crippen LogP contribution in [0.2, 0.25) is 0 Å². The number of ketones is 1. The number of amides is 1. The van der Waals surface area contributed by atoms with E-state index >= 15 is 0 Å². The lowest BCUT2D eigenvalue weighted by Crippen LogP contribution is -2.46. The lowest BCUT2D eigenvalue weighted by atomic mass is 9.82. The van der Waals surface area contributed by atoms with Gasteiger partial charge in [0, 0.05) is 22.6 Å². The standard InChI is InChI=1S/C16H26N4O3/c1-15(2,3)13-11(18-19-23-13)12(21)16(4,5)9-20-8-6-7-10(20)14(17)22/h10H,6-9H2,1-5H3,(H2,17,22)/t10-/m0/s1. The van der Waals surface area contributed by atoms with Gasteiger partial charge in [-0.3, -0.25) is 14.5 Å². The smallest absolute Gasteiger partial charge is 0.234 e. The fraction of sp³-hybridized carbons (Fsp3) is 0.750. The van der Waals surface area contributed by atoms with Gasteiger partial charge in [0.2, 0.25) is 5.91 Å². The van der Waals surface area contributed by atoms with Crippen molar-refractivity contribution < 1.29 is 14.1 Å². The molecule has 1 atom stereocenters. The van der Waals surface area contributed by atoms with E-state index in [1.54, 1.807) is 0 Å². The molecule has 0 bridgehead atoms. The van der Waals surface area contributed by atoms with E-state index in [-0.39, 0.29) is 28.8 Å². The average Bonchev–Trinajstić information content (AvgIpc) is 3.04. The molecule has 1 aliphatic heterocycles. The molecule has 0 aromatic carbocycles. The molecular formula is C16H26N4O3. The number of hydrogen-bond acceptors (Lipinski definition) is 6. The summed E-state index contributed by atoms with van der Waals surface area (Å²) in [4.78, 5) is 26.5. The third kappa shape index (κ3) is 3.60. The molecular weight excluding hydrogens is 296 g/mol. The summed E-state index contributed by atoms with van der Waals surface area (Å²) in [6.07, 6.45) is 1.66. The molecule has 0 spiro atoms. The number of nitrogens with zero attached hydrogens (tertiary/aromatic N) is 3. The van der Waals surface area contributed by atoms with Crippen LogP contribution in [0.25, 0.3) is 0 Å². The van der Waals surface area contributed by atoms with Crippen LogP contribution in [0.1, 0.15) is 63.7 Å². The van der Waals surface area contributed by atoms with Crippen LogP contribution in [-0.4, -0.2) is 46.1 Å². The number of likely N-dealkylation sites (tertiary alicyclic amines) is 1. The summed E-state index contributed by atoms with van der Waals surface area (Å²) in [6, 6.07) is -0.292. The minimum absolute atomic E-state index is 0.126. The maximum absolute atomic E-state index is 13.0. The van der Waals surface area contributed by atoms with Crippen molar-refractivity contribution in [2.24, 2.45) is 11.1 Å². The Kier molecular flexibility index (Phi) is 4.61. The lowest BCUT2D eigenvalue weighted by molar-refractivity contribution is -0.122. The van der Waals surface area contributed by atoms with E-state index in [2.05, 4.69) is 10.4 Å². The highest BCUT2D eigenvalue weighted by Gasteiger charge is 2.40. The first kappa shape index (κ1) is 17.6. The van der Waals surface area contributed by atoms with Crippen LogP contribution in [0.5, 0.6) is 0 Å². The van der Waals surface area contributed by atoms with Gasteiger partial charge in [0.05, 0.1) is 6.04 Å². The quantitative estimate of drug-likeness (QED) is 0.825. The van der Waals surface area contributed by atoms with E-state index in [0.29, 0.717) is 12.3 Å². The van der Waals surface area contributed by atoms with Crippen molar-refractivity contribution in [3.05, 3.63) is 11.5 Å². The summed E-state index contributed by atoms with van der Waals surface area (Å²) >= 11 is 0. The second-order valence-electron chi connectivity index (χ2n) is 7.94. The molecule has 2 heterocycles. The molecule has 128 valence electrons. The Morgan fingerprint density at radius 1 is 1.30 bits per heavy atom. The van der Waals surface area contributed by atoms with Gasteiger partial charge in [-0.25, -0.2) is 0 Å². The SMILES string of the molecule is CC(C)(CN1CCC[C@H]1C(N)=O)C(=O)c1nnoc1C(C)(C)C. The van der Waals surface area contributed by atoms with Crippen LogP contribution in [-0.2, 0) is 10.2 Å². The predicted molar refractivity (Wildman–Crippen MR) is 84.9 cm³/mol. The number of primary amides is 1. The Morgan fingerprint density at radius 3 is 2.52 bits per heavy atom. The van der Waals surface area contributed by atoms with Crippen LogP contribution < -0.4 is 5.73 Å². The number of carbonyl (C=O) groups is 2. The molecule has 7 nitrogen and oxygen atoms in total. The molecule has 7 heteroatoms. The molecule has 1 saturated heterocycles. The minimum Gasteiger partial charge on any atom is -0.368 e. The van der Waals surface area contributed by atoms with Crippen LogP contribution in [0.15, 0.2) is 4.52 Å². The van der Waals surface area contributed by atoms with Gasteiger partial charge in [-0.2, -0.15) is 0 Å². The van der Waals surface area contributed by atoms with Crippen molar-refractivity contribution in [1.82, 2.24) is 15.3 Å². The highest BCUT2D eigenvalue weighted by Crippen LogP contribution is 2.31. The summed E-state index contributed by atoms with van der Waals surface area (Å²) in [7, 11) is 0. The van der Waals surface area contributed by atoms with E-state index in [1.807, 2.05) is 39.5 Å². The molecule has 0 saturated carbocycles. The second-order valence-corrected chi connectivity index (χ2v) is 7.94. The minimum atomic E-state index is -0.712. The molecule has 1 aliphatic rings. The Balaban J connectivity index is 2.21. The van der Waals surface area contributed by atoms with Crippen molar-refractivity contribution in [3.8, 4) is 0 Å². The molecule has 1 amide bonds. The molecule has 2 N–H and O–H groups in total. The summed E-state index contributed by atoms with van der Waals surface area (Å²) in [6.45, 7) is 10.8. The summed E-state index contributed by atoms with van der Waals surface area (Å²) in [5, 5.41) is 7.47. The molecule has 2 rings (SSSR count). The van der Waals surface area contributed by atoms with Crippen molar-refractivity contribution in [3.63, 3.8) is 0 Å². The summed E-state index contributed by atoms with van der Waals surface area (Å²) in [5.74, 6) is 0.0338. The second kappa shape index (κ2) is 6.03. The molecule has 1 fully saturated rings. The van der Waals surface area contributed by atoms with Crippen LogP contribution in [0.3, 0.4) is 0 Å². The van der Waals surface area contributed by atoms with Crippen molar-refractivity contribution >= 4 is 11.7 Å². The average molecular weight is 322 g/mol. The number of carbonyl (C=O) groups excluding carboxylic acids is 2. The van der Waals surface area contributed by atoms with Gasteiger partial charge in [0.15, 0.2) is 17.2 Å². The highest BCUT2D eigenvalue weighted by molar-refractivity contribution is 5.99. The molecule has 0 aliphatic carbocycles. The van der Waals surface area contributed by atoms with E-state index in [1.165, 1.54) is 0 Å². The van der Waals surface area contributed by atoms with Crippen LogP contribution >= 0.6 is 0 Å². The van der Waals surface area contributed by atoms with E-state index < -0.39 is 5.41 Å². The third-order valence-electron chi connectivity index (χ3n) is 4.29. The fourth-order valence-electron chi connectivity index (χ4n) is 3.07. The highest BCUT2D eigenvalue weighted by atomic mass is 16.5. The monoisotopic (exact) mass is 322 g/mol. The summed E-state index contributed by atoms with van der Waals surface area (Å²) in [5.41, 5.74) is 4.67. The topological polar surface area (TPSA) is 102 Å². The van der Waals surface area contributed by atoms with Crippen LogP contribution in [0, 0.1) is 5.41 Å². The zero-order valence-electron chi connectivity index (χ0n) is 14.5. The summed E-state index contributed by atoms with van der Waals surface area (Å²) < 4.78 is 5.21. The van der Waals surface area contributed by atoms with Gasteiger partial charge in [-0.1, -0.05) is 34.6 Å². The van der Waals surface area contributed by atoms with Gasteiger partial charge in [0.1, 0.15) is 0 Å². The Hall–Kier alpha value is -1.76. The van der Waals surface area contributed by atoms with E-state index in [0.717, 1.165) is 19.4 Å². The maximum Gasteiger partial charge on any atom is 0.234 e.